The number of hydrogen-bond donors (Lipinski definition) is 1. The highest BCUT2D eigenvalue weighted by molar-refractivity contribution is 9.10. The van der Waals surface area contributed by atoms with Gasteiger partial charge in [-0.25, -0.2) is 13.5 Å². The fourth-order valence-corrected chi connectivity index (χ4v) is 5.11. The van der Waals surface area contributed by atoms with Gasteiger partial charge in [0.05, 0.1) is 30.0 Å². The molecule has 4 heterocycles. The minimum Gasteiger partial charge on any atom is -0.390 e. The number of benzene rings is 1. The highest BCUT2D eigenvalue weighted by Crippen LogP contribution is 2.40. The summed E-state index contributed by atoms with van der Waals surface area (Å²) < 4.78 is 37.1. The number of nitrogens with zero attached hydrogens (tertiary/aromatic N) is 4. The molecule has 6 nitrogen and oxygen atoms in total. The first-order chi connectivity index (χ1) is 15.5. The van der Waals surface area contributed by atoms with Gasteiger partial charge in [-0.2, -0.15) is 5.10 Å². The van der Waals surface area contributed by atoms with Crippen LogP contribution < -0.4 is 0 Å². The standard InChI is InChI=1S/C23H25BrF2N4O2/c24-15-4-6-19(27-11-15)22-17-5-7-20-18(12-28-30(20)21-3-1-2-10-32-21)16(17)8-9-29(22)13-23(25,26)14-31/h4-7,11-12,21-22,31H,1-3,8-10,13-14H2. The molecule has 9 heteroatoms. The van der Waals surface area contributed by atoms with Gasteiger partial charge < -0.3 is 9.84 Å². The van der Waals surface area contributed by atoms with Crippen molar-refractivity contribution in [2.45, 2.75) is 43.9 Å². The Morgan fingerprint density at radius 2 is 2.06 bits per heavy atom. The first kappa shape index (κ1) is 21.9. The van der Waals surface area contributed by atoms with Gasteiger partial charge in [0.1, 0.15) is 6.61 Å². The average molecular weight is 507 g/mol. The van der Waals surface area contributed by atoms with Gasteiger partial charge in [-0.15, -0.1) is 0 Å². The van der Waals surface area contributed by atoms with Crippen molar-refractivity contribution >= 4 is 26.8 Å². The van der Waals surface area contributed by atoms with Crippen molar-refractivity contribution in [2.75, 3.05) is 26.3 Å². The number of halogens is 3. The van der Waals surface area contributed by atoms with Crippen LogP contribution in [-0.2, 0) is 11.2 Å². The largest absolute Gasteiger partial charge is 0.390 e. The van der Waals surface area contributed by atoms with Crippen LogP contribution in [0.1, 0.15) is 48.4 Å². The molecule has 0 spiro atoms. The number of fused-ring (bicyclic) bond motifs is 3. The van der Waals surface area contributed by atoms with Crippen molar-refractivity contribution in [3.8, 4) is 0 Å². The summed E-state index contributed by atoms with van der Waals surface area (Å²) in [5, 5.41) is 14.8. The number of aliphatic hydroxyl groups is 1. The second-order valence-corrected chi connectivity index (χ2v) is 9.43. The zero-order valence-electron chi connectivity index (χ0n) is 17.6. The SMILES string of the molecule is OCC(F)(F)CN1CCc2c(ccc3c2cnn3C2CCCCO2)C1c1ccc(Br)cn1. The zero-order chi connectivity index (χ0) is 22.3. The van der Waals surface area contributed by atoms with Crippen molar-refractivity contribution in [1.82, 2.24) is 19.7 Å². The molecule has 32 heavy (non-hydrogen) atoms. The molecule has 0 amide bonds. The molecule has 1 aromatic carbocycles. The highest BCUT2D eigenvalue weighted by atomic mass is 79.9. The van der Waals surface area contributed by atoms with Gasteiger partial charge in [0.2, 0.25) is 0 Å². The van der Waals surface area contributed by atoms with Crippen molar-refractivity contribution < 1.29 is 18.6 Å². The molecule has 2 aliphatic heterocycles. The lowest BCUT2D eigenvalue weighted by Gasteiger charge is -2.38. The molecule has 1 saturated heterocycles. The molecule has 5 rings (SSSR count). The first-order valence-electron chi connectivity index (χ1n) is 10.9. The van der Waals surface area contributed by atoms with E-state index in [0.717, 1.165) is 52.4 Å². The summed E-state index contributed by atoms with van der Waals surface area (Å²) in [6.07, 6.45) is 7.23. The predicted molar refractivity (Wildman–Crippen MR) is 120 cm³/mol. The molecule has 1 fully saturated rings. The molecule has 3 aromatic rings. The van der Waals surface area contributed by atoms with Crippen molar-refractivity contribution in [1.29, 1.82) is 0 Å². The number of aliphatic hydroxyl groups excluding tert-OH is 1. The predicted octanol–water partition coefficient (Wildman–Crippen LogP) is 4.47. The number of alkyl halides is 2. The van der Waals surface area contributed by atoms with E-state index in [-0.39, 0.29) is 6.23 Å². The molecule has 2 unspecified atom stereocenters. The highest BCUT2D eigenvalue weighted by Gasteiger charge is 2.38. The molecular formula is C23H25BrF2N4O2. The minimum atomic E-state index is -3.18. The Labute approximate surface area is 193 Å². The van der Waals surface area contributed by atoms with E-state index in [1.807, 2.05) is 35.1 Å². The normalized spacial score (nSPS) is 22.2. The van der Waals surface area contributed by atoms with Gasteiger partial charge in [0.15, 0.2) is 6.23 Å². The van der Waals surface area contributed by atoms with Gasteiger partial charge in [0, 0.05) is 29.2 Å². The van der Waals surface area contributed by atoms with E-state index >= 15 is 0 Å². The van der Waals surface area contributed by atoms with E-state index in [1.54, 1.807) is 11.1 Å². The van der Waals surface area contributed by atoms with Crippen LogP contribution in [0.25, 0.3) is 10.9 Å². The summed E-state index contributed by atoms with van der Waals surface area (Å²) in [6, 6.07) is 7.32. The van der Waals surface area contributed by atoms with Gasteiger partial charge >= 0.3 is 0 Å². The third kappa shape index (κ3) is 4.07. The Morgan fingerprint density at radius 3 is 2.78 bits per heavy atom. The van der Waals surface area contributed by atoms with Crippen LogP contribution in [0.2, 0.25) is 0 Å². The zero-order valence-corrected chi connectivity index (χ0v) is 19.1. The molecule has 170 valence electrons. The Balaban J connectivity index is 1.58. The number of ether oxygens (including phenoxy) is 1. The fraction of sp³-hybridized carbons (Fsp3) is 0.478. The van der Waals surface area contributed by atoms with Gasteiger partial charge in [-0.05, 0) is 70.9 Å². The summed E-state index contributed by atoms with van der Waals surface area (Å²) in [7, 11) is 0. The van der Waals surface area contributed by atoms with Crippen LogP contribution in [-0.4, -0.2) is 57.0 Å². The topological polar surface area (TPSA) is 63.4 Å². The number of rotatable bonds is 5. The second-order valence-electron chi connectivity index (χ2n) is 8.51. The van der Waals surface area contributed by atoms with E-state index in [9.17, 15) is 8.78 Å². The third-order valence-electron chi connectivity index (χ3n) is 6.36. The Morgan fingerprint density at radius 1 is 1.19 bits per heavy atom. The smallest absolute Gasteiger partial charge is 0.283 e. The molecule has 2 atom stereocenters. The molecule has 0 bridgehead atoms. The Hall–Kier alpha value is -1.94. The molecule has 0 aliphatic carbocycles. The van der Waals surface area contributed by atoms with Gasteiger partial charge in [-0.1, -0.05) is 6.07 Å². The lowest BCUT2D eigenvalue weighted by Crippen LogP contribution is -2.45. The van der Waals surface area contributed by atoms with Crippen LogP contribution in [0.4, 0.5) is 8.78 Å². The summed E-state index contributed by atoms with van der Waals surface area (Å²) >= 11 is 3.40. The summed E-state index contributed by atoms with van der Waals surface area (Å²) in [5.74, 6) is -3.18. The van der Waals surface area contributed by atoms with Crippen LogP contribution in [0.3, 0.4) is 0 Å². The quantitative estimate of drug-likeness (QED) is 0.553. The molecule has 2 aliphatic rings. The number of aromatic nitrogens is 3. The number of hydrogen-bond acceptors (Lipinski definition) is 5. The molecule has 1 N–H and O–H groups in total. The fourth-order valence-electron chi connectivity index (χ4n) is 4.87. The van der Waals surface area contributed by atoms with Crippen LogP contribution in [0, 0.1) is 0 Å². The lowest BCUT2D eigenvalue weighted by atomic mass is 9.88. The van der Waals surface area contributed by atoms with Crippen LogP contribution in [0.15, 0.2) is 41.1 Å². The van der Waals surface area contributed by atoms with E-state index in [0.29, 0.717) is 18.7 Å². The molecular weight excluding hydrogens is 482 g/mol. The van der Waals surface area contributed by atoms with Crippen LogP contribution in [0.5, 0.6) is 0 Å². The average Bonchev–Trinajstić information content (AvgIpc) is 3.24. The maximum atomic E-state index is 14.2. The van der Waals surface area contributed by atoms with Gasteiger partial charge in [-0.3, -0.25) is 9.88 Å². The van der Waals surface area contributed by atoms with Crippen LogP contribution >= 0.6 is 15.9 Å². The van der Waals surface area contributed by atoms with E-state index in [1.165, 1.54) is 0 Å². The first-order valence-corrected chi connectivity index (χ1v) is 11.7. The Kier molecular flexibility index (Phi) is 6.00. The summed E-state index contributed by atoms with van der Waals surface area (Å²) in [6.45, 7) is -0.528. The number of pyridine rings is 1. The van der Waals surface area contributed by atoms with Crippen molar-refractivity contribution in [3.05, 3.63) is 58.0 Å². The van der Waals surface area contributed by atoms with E-state index < -0.39 is 25.1 Å². The monoisotopic (exact) mass is 506 g/mol. The van der Waals surface area contributed by atoms with Crippen molar-refractivity contribution in [2.24, 2.45) is 0 Å². The minimum absolute atomic E-state index is 0.0634. The second kappa shape index (κ2) is 8.78. The molecule has 0 saturated carbocycles. The Bertz CT molecular complexity index is 1100. The third-order valence-corrected chi connectivity index (χ3v) is 6.83. The maximum absolute atomic E-state index is 14.2. The lowest BCUT2D eigenvalue weighted by molar-refractivity contribution is -0.0788. The summed E-state index contributed by atoms with van der Waals surface area (Å²) in [4.78, 5) is 6.25. The van der Waals surface area contributed by atoms with Gasteiger partial charge in [0.25, 0.3) is 5.92 Å². The molecule has 0 radical (unpaired) electrons. The van der Waals surface area contributed by atoms with E-state index in [2.05, 4.69) is 26.0 Å². The van der Waals surface area contributed by atoms with Crippen molar-refractivity contribution in [3.63, 3.8) is 0 Å². The maximum Gasteiger partial charge on any atom is 0.283 e. The summed E-state index contributed by atoms with van der Waals surface area (Å²) in [5.41, 5.74) is 3.77. The molecule has 2 aromatic heterocycles. The van der Waals surface area contributed by atoms with E-state index in [4.69, 9.17) is 9.84 Å².